The summed E-state index contributed by atoms with van der Waals surface area (Å²) in [5.74, 6) is 2.18. The van der Waals surface area contributed by atoms with E-state index in [1.165, 1.54) is 5.56 Å². The van der Waals surface area contributed by atoms with Gasteiger partial charge in [-0.05, 0) is 52.5 Å². The predicted octanol–water partition coefficient (Wildman–Crippen LogP) is 3.76. The maximum atomic E-state index is 5.39. The molecule has 2 rings (SSSR count). The van der Waals surface area contributed by atoms with Crippen LogP contribution in [0.3, 0.4) is 0 Å². The third-order valence-corrected chi connectivity index (χ3v) is 4.40. The standard InChI is InChI=1S/C20H26BrN3O2/c1-4-22-20(23-11-10-15-8-6-5-7-9-15)24-14-16-12-17(21)19(26-3)18(13-16)25-2/h5-9,12-13H,4,10-11,14H2,1-3H3,(H2,22,23,24). The van der Waals surface area contributed by atoms with Gasteiger partial charge in [-0.2, -0.15) is 0 Å². The highest BCUT2D eigenvalue weighted by atomic mass is 79.9. The molecule has 0 bridgehead atoms. The van der Waals surface area contributed by atoms with Crippen molar-refractivity contribution in [3.8, 4) is 11.5 Å². The Bertz CT molecular complexity index is 720. The van der Waals surface area contributed by atoms with Crippen molar-refractivity contribution in [2.24, 2.45) is 4.99 Å². The van der Waals surface area contributed by atoms with Crippen molar-refractivity contribution in [3.63, 3.8) is 0 Å². The molecule has 26 heavy (non-hydrogen) atoms. The molecule has 0 aliphatic carbocycles. The van der Waals surface area contributed by atoms with Crippen molar-refractivity contribution >= 4 is 21.9 Å². The second-order valence-corrected chi connectivity index (χ2v) is 6.53. The molecule has 0 aromatic heterocycles. The summed E-state index contributed by atoms with van der Waals surface area (Å²) in [5, 5.41) is 6.65. The average Bonchev–Trinajstić information content (AvgIpc) is 2.66. The molecule has 0 saturated carbocycles. The molecule has 0 amide bonds. The minimum absolute atomic E-state index is 0.541. The Morgan fingerprint density at radius 1 is 1.04 bits per heavy atom. The van der Waals surface area contributed by atoms with Gasteiger partial charge < -0.3 is 20.1 Å². The molecule has 0 saturated heterocycles. The molecule has 0 unspecified atom stereocenters. The van der Waals surface area contributed by atoms with Crippen LogP contribution in [0, 0.1) is 0 Å². The topological polar surface area (TPSA) is 54.9 Å². The van der Waals surface area contributed by atoms with Crippen LogP contribution in [0.5, 0.6) is 11.5 Å². The largest absolute Gasteiger partial charge is 0.493 e. The van der Waals surface area contributed by atoms with Gasteiger partial charge in [-0.15, -0.1) is 0 Å². The van der Waals surface area contributed by atoms with E-state index in [0.717, 1.165) is 35.5 Å². The molecule has 0 atom stereocenters. The Balaban J connectivity index is 2.00. The Morgan fingerprint density at radius 3 is 2.46 bits per heavy atom. The SMILES string of the molecule is CCNC(=NCc1cc(Br)c(OC)c(OC)c1)NCCc1ccccc1. The van der Waals surface area contributed by atoms with Crippen LogP contribution in [-0.2, 0) is 13.0 Å². The number of hydrogen-bond donors (Lipinski definition) is 2. The van der Waals surface area contributed by atoms with E-state index < -0.39 is 0 Å². The van der Waals surface area contributed by atoms with Gasteiger partial charge in [-0.25, -0.2) is 4.99 Å². The second kappa shape index (κ2) is 10.7. The van der Waals surface area contributed by atoms with Gasteiger partial charge in [0.25, 0.3) is 0 Å². The average molecular weight is 420 g/mol. The molecule has 0 fully saturated rings. The smallest absolute Gasteiger partial charge is 0.191 e. The van der Waals surface area contributed by atoms with Gasteiger partial charge in [0.2, 0.25) is 0 Å². The van der Waals surface area contributed by atoms with Crippen LogP contribution in [0.25, 0.3) is 0 Å². The van der Waals surface area contributed by atoms with Crippen molar-refractivity contribution in [1.29, 1.82) is 0 Å². The minimum Gasteiger partial charge on any atom is -0.493 e. The van der Waals surface area contributed by atoms with Crippen molar-refractivity contribution in [3.05, 3.63) is 58.1 Å². The molecule has 2 aromatic carbocycles. The van der Waals surface area contributed by atoms with Gasteiger partial charge in [0.05, 0.1) is 25.2 Å². The first kappa shape index (κ1) is 20.1. The molecule has 0 heterocycles. The summed E-state index contributed by atoms with van der Waals surface area (Å²) in [5.41, 5.74) is 2.34. The summed E-state index contributed by atoms with van der Waals surface area (Å²) < 4.78 is 11.6. The zero-order chi connectivity index (χ0) is 18.8. The third kappa shape index (κ3) is 5.95. The van der Waals surface area contributed by atoms with E-state index in [9.17, 15) is 0 Å². The molecule has 0 spiro atoms. The summed E-state index contributed by atoms with van der Waals surface area (Å²) in [4.78, 5) is 4.66. The second-order valence-electron chi connectivity index (χ2n) is 5.67. The summed E-state index contributed by atoms with van der Waals surface area (Å²) in [6, 6.07) is 14.4. The fourth-order valence-corrected chi connectivity index (χ4v) is 3.20. The molecule has 6 heteroatoms. The number of nitrogens with zero attached hydrogens (tertiary/aromatic N) is 1. The summed E-state index contributed by atoms with van der Waals surface area (Å²) in [6.07, 6.45) is 0.952. The van der Waals surface area contributed by atoms with Crippen molar-refractivity contribution in [1.82, 2.24) is 10.6 Å². The predicted molar refractivity (Wildman–Crippen MR) is 110 cm³/mol. The number of benzene rings is 2. The van der Waals surface area contributed by atoms with Crippen LogP contribution in [0.15, 0.2) is 51.9 Å². The fraction of sp³-hybridized carbons (Fsp3) is 0.350. The first-order valence-electron chi connectivity index (χ1n) is 8.64. The Labute approximate surface area is 163 Å². The fourth-order valence-electron chi connectivity index (χ4n) is 2.54. The number of halogens is 1. The lowest BCUT2D eigenvalue weighted by molar-refractivity contribution is 0.352. The normalized spacial score (nSPS) is 11.2. The zero-order valence-electron chi connectivity index (χ0n) is 15.5. The molecule has 0 aliphatic rings. The van der Waals surface area contributed by atoms with E-state index in [1.54, 1.807) is 14.2 Å². The molecular formula is C20H26BrN3O2. The quantitative estimate of drug-likeness (QED) is 0.505. The highest BCUT2D eigenvalue weighted by Gasteiger charge is 2.10. The summed E-state index contributed by atoms with van der Waals surface area (Å²) in [7, 11) is 3.26. The summed E-state index contributed by atoms with van der Waals surface area (Å²) >= 11 is 3.52. The molecule has 0 aliphatic heterocycles. The number of rotatable bonds is 8. The number of hydrogen-bond acceptors (Lipinski definition) is 3. The van der Waals surface area contributed by atoms with E-state index in [-0.39, 0.29) is 0 Å². The lowest BCUT2D eigenvalue weighted by atomic mass is 10.1. The van der Waals surface area contributed by atoms with Gasteiger partial charge in [0, 0.05) is 13.1 Å². The highest BCUT2D eigenvalue weighted by molar-refractivity contribution is 9.10. The number of nitrogens with one attached hydrogen (secondary N) is 2. The van der Waals surface area contributed by atoms with Gasteiger partial charge >= 0.3 is 0 Å². The molecule has 140 valence electrons. The zero-order valence-corrected chi connectivity index (χ0v) is 17.1. The van der Waals surface area contributed by atoms with Crippen LogP contribution in [0.4, 0.5) is 0 Å². The van der Waals surface area contributed by atoms with E-state index in [4.69, 9.17) is 9.47 Å². The monoisotopic (exact) mass is 419 g/mol. The number of guanidine groups is 1. The van der Waals surface area contributed by atoms with Crippen molar-refractivity contribution < 1.29 is 9.47 Å². The first-order chi connectivity index (χ1) is 12.7. The minimum atomic E-state index is 0.541. The van der Waals surface area contributed by atoms with Gasteiger partial charge in [0.15, 0.2) is 17.5 Å². The van der Waals surface area contributed by atoms with Crippen LogP contribution < -0.4 is 20.1 Å². The number of ether oxygens (including phenoxy) is 2. The third-order valence-electron chi connectivity index (χ3n) is 3.81. The van der Waals surface area contributed by atoms with Crippen LogP contribution in [0.2, 0.25) is 0 Å². The van der Waals surface area contributed by atoms with E-state index in [2.05, 4.69) is 62.7 Å². The van der Waals surface area contributed by atoms with Gasteiger partial charge in [-0.3, -0.25) is 0 Å². The highest BCUT2D eigenvalue weighted by Crippen LogP contribution is 2.36. The summed E-state index contributed by atoms with van der Waals surface area (Å²) in [6.45, 7) is 4.24. The van der Waals surface area contributed by atoms with E-state index in [1.807, 2.05) is 18.2 Å². The molecule has 0 radical (unpaired) electrons. The number of methoxy groups -OCH3 is 2. The van der Waals surface area contributed by atoms with Crippen LogP contribution in [-0.4, -0.2) is 33.3 Å². The van der Waals surface area contributed by atoms with E-state index in [0.29, 0.717) is 18.0 Å². The maximum Gasteiger partial charge on any atom is 0.191 e. The van der Waals surface area contributed by atoms with Crippen molar-refractivity contribution in [2.45, 2.75) is 19.9 Å². The maximum absolute atomic E-state index is 5.39. The first-order valence-corrected chi connectivity index (χ1v) is 9.43. The molecule has 5 nitrogen and oxygen atoms in total. The lowest BCUT2D eigenvalue weighted by Gasteiger charge is -2.13. The van der Waals surface area contributed by atoms with Crippen LogP contribution >= 0.6 is 15.9 Å². The van der Waals surface area contributed by atoms with Crippen LogP contribution in [0.1, 0.15) is 18.1 Å². The van der Waals surface area contributed by atoms with Crippen molar-refractivity contribution in [2.75, 3.05) is 27.3 Å². The Kier molecular flexibility index (Phi) is 8.28. The number of aliphatic imine (C=N–C) groups is 1. The van der Waals surface area contributed by atoms with E-state index >= 15 is 0 Å². The molecule has 2 N–H and O–H groups in total. The van der Waals surface area contributed by atoms with Gasteiger partial charge in [-0.1, -0.05) is 30.3 Å². The molecule has 2 aromatic rings. The Hall–Kier alpha value is -2.21. The lowest BCUT2D eigenvalue weighted by Crippen LogP contribution is -2.38. The van der Waals surface area contributed by atoms with Gasteiger partial charge in [0.1, 0.15) is 0 Å². The molecular weight excluding hydrogens is 394 g/mol. The Morgan fingerprint density at radius 2 is 1.81 bits per heavy atom.